The summed E-state index contributed by atoms with van der Waals surface area (Å²) < 4.78 is 0. The lowest BCUT2D eigenvalue weighted by Gasteiger charge is -2.63. The monoisotopic (exact) mass is 408 g/mol. The number of rotatable bonds is 4. The first kappa shape index (κ1) is 21.6. The smallest absolute Gasteiger partial charge is 0.303 e. The molecular weight excluding hydrogens is 368 g/mol. The van der Waals surface area contributed by atoms with E-state index >= 15 is 0 Å². The summed E-state index contributed by atoms with van der Waals surface area (Å²) in [5, 5.41) is 41.6. The minimum Gasteiger partial charge on any atom is -0.481 e. The Bertz CT molecular complexity index is 637. The number of carbonyl (C=O) groups is 1. The van der Waals surface area contributed by atoms with E-state index in [1.54, 1.807) is 0 Å². The van der Waals surface area contributed by atoms with Crippen molar-refractivity contribution in [2.24, 2.45) is 46.3 Å². The van der Waals surface area contributed by atoms with Gasteiger partial charge in [0.25, 0.3) is 0 Å². The van der Waals surface area contributed by atoms with Gasteiger partial charge in [0, 0.05) is 6.42 Å². The fourth-order valence-corrected chi connectivity index (χ4v) is 8.80. The van der Waals surface area contributed by atoms with E-state index in [-0.39, 0.29) is 35.2 Å². The van der Waals surface area contributed by atoms with Crippen molar-refractivity contribution < 1.29 is 25.2 Å². The Morgan fingerprint density at radius 1 is 1.03 bits per heavy atom. The van der Waals surface area contributed by atoms with E-state index in [1.165, 1.54) is 0 Å². The fraction of sp³-hybridized carbons (Fsp3) is 0.958. The molecule has 5 heteroatoms. The van der Waals surface area contributed by atoms with Gasteiger partial charge in [-0.2, -0.15) is 0 Å². The number of aliphatic carboxylic acids is 1. The van der Waals surface area contributed by atoms with Gasteiger partial charge in [0.05, 0.1) is 18.3 Å². The maximum atomic E-state index is 11.3. The highest BCUT2D eigenvalue weighted by Crippen LogP contribution is 2.68. The number of aliphatic hydroxyl groups excluding tert-OH is 3. The van der Waals surface area contributed by atoms with Crippen LogP contribution in [0.15, 0.2) is 0 Å². The van der Waals surface area contributed by atoms with Gasteiger partial charge in [0.15, 0.2) is 0 Å². The third kappa shape index (κ3) is 3.27. The van der Waals surface area contributed by atoms with Crippen LogP contribution in [0.25, 0.3) is 0 Å². The Morgan fingerprint density at radius 3 is 2.45 bits per heavy atom. The highest BCUT2D eigenvalue weighted by Gasteiger charge is 2.64. The Labute approximate surface area is 174 Å². The lowest BCUT2D eigenvalue weighted by atomic mass is 9.43. The second-order valence-corrected chi connectivity index (χ2v) is 11.4. The number of fused-ring (bicyclic) bond motifs is 5. The van der Waals surface area contributed by atoms with Crippen LogP contribution in [0.3, 0.4) is 0 Å². The van der Waals surface area contributed by atoms with E-state index < -0.39 is 18.2 Å². The molecule has 0 amide bonds. The van der Waals surface area contributed by atoms with Gasteiger partial charge in [0.2, 0.25) is 0 Å². The van der Waals surface area contributed by atoms with Gasteiger partial charge >= 0.3 is 5.97 Å². The topological polar surface area (TPSA) is 98.0 Å². The first-order valence-corrected chi connectivity index (χ1v) is 11.8. The summed E-state index contributed by atoms with van der Waals surface area (Å²) in [6, 6.07) is 0. The molecule has 0 bridgehead atoms. The van der Waals surface area contributed by atoms with Crippen LogP contribution in [0.2, 0.25) is 0 Å². The van der Waals surface area contributed by atoms with Crippen molar-refractivity contribution in [1.29, 1.82) is 0 Å². The predicted octanol–water partition coefficient (Wildman–Crippen LogP) is 3.45. The van der Waals surface area contributed by atoms with Gasteiger partial charge < -0.3 is 20.4 Å². The highest BCUT2D eigenvalue weighted by molar-refractivity contribution is 5.66. The van der Waals surface area contributed by atoms with Crippen molar-refractivity contribution in [3.63, 3.8) is 0 Å². The van der Waals surface area contributed by atoms with Crippen LogP contribution < -0.4 is 0 Å². The zero-order valence-electron chi connectivity index (χ0n) is 18.3. The van der Waals surface area contributed by atoms with Crippen molar-refractivity contribution in [2.45, 2.75) is 96.9 Å². The minimum absolute atomic E-state index is 0.155. The quantitative estimate of drug-likeness (QED) is 0.571. The van der Waals surface area contributed by atoms with Gasteiger partial charge in [-0.15, -0.1) is 0 Å². The van der Waals surface area contributed by atoms with Gasteiger partial charge in [0.1, 0.15) is 0 Å². The molecule has 4 fully saturated rings. The molecule has 29 heavy (non-hydrogen) atoms. The Hall–Kier alpha value is -0.650. The minimum atomic E-state index is -0.713. The molecule has 4 aliphatic carbocycles. The third-order valence-corrected chi connectivity index (χ3v) is 10.3. The average molecular weight is 409 g/mol. The summed E-state index contributed by atoms with van der Waals surface area (Å²) in [5.41, 5.74) is -0.0557. The number of hydrogen-bond donors (Lipinski definition) is 4. The molecule has 4 saturated carbocycles. The molecule has 1 unspecified atom stereocenters. The van der Waals surface area contributed by atoms with Crippen LogP contribution in [-0.4, -0.2) is 44.7 Å². The second-order valence-electron chi connectivity index (χ2n) is 11.4. The van der Waals surface area contributed by atoms with E-state index in [1.807, 2.05) is 0 Å². The van der Waals surface area contributed by atoms with Crippen molar-refractivity contribution in [2.75, 3.05) is 0 Å². The molecule has 4 N–H and O–H groups in total. The van der Waals surface area contributed by atoms with Gasteiger partial charge in [-0.05, 0) is 97.7 Å². The summed E-state index contributed by atoms with van der Waals surface area (Å²) in [5.74, 6) is 1.36. The zero-order valence-corrected chi connectivity index (χ0v) is 18.3. The molecule has 0 aromatic heterocycles. The van der Waals surface area contributed by atoms with Gasteiger partial charge in [-0.1, -0.05) is 20.8 Å². The van der Waals surface area contributed by atoms with E-state index in [0.29, 0.717) is 42.9 Å². The molecule has 0 aromatic rings. The fourth-order valence-electron chi connectivity index (χ4n) is 8.80. The van der Waals surface area contributed by atoms with Crippen LogP contribution in [0.1, 0.15) is 78.6 Å². The van der Waals surface area contributed by atoms with E-state index in [2.05, 4.69) is 20.8 Å². The van der Waals surface area contributed by atoms with E-state index in [0.717, 1.165) is 32.1 Å². The predicted molar refractivity (Wildman–Crippen MR) is 110 cm³/mol. The first-order valence-electron chi connectivity index (χ1n) is 11.8. The van der Waals surface area contributed by atoms with Crippen LogP contribution in [0, 0.1) is 46.3 Å². The first-order chi connectivity index (χ1) is 13.6. The zero-order chi connectivity index (χ0) is 21.1. The molecule has 0 aromatic carbocycles. The molecule has 0 heterocycles. The van der Waals surface area contributed by atoms with E-state index in [4.69, 9.17) is 5.11 Å². The molecular formula is C24H40O5. The van der Waals surface area contributed by atoms with Crippen molar-refractivity contribution in [3.05, 3.63) is 0 Å². The van der Waals surface area contributed by atoms with Crippen molar-refractivity contribution >= 4 is 5.97 Å². The molecule has 0 aliphatic heterocycles. The van der Waals surface area contributed by atoms with Gasteiger partial charge in [-0.25, -0.2) is 0 Å². The summed E-state index contributed by atoms with van der Waals surface area (Å²) in [7, 11) is 0. The van der Waals surface area contributed by atoms with Crippen LogP contribution in [0.4, 0.5) is 0 Å². The standard InChI is InChI=1S/C24H40O5/c1-13(4-7-21(28)29)16-5-6-17-22-18(8-9-23(16,17)2)24(3)14(11-19(22)26)10-15(25)12-20(24)27/h13-20,22,25-27H,4-12H2,1-3H3,(H,28,29)/t13?,14-,15-,16+,17-,18-,19+,20-,22-,23+,24-/m0/s1. The molecule has 4 aliphatic rings. The number of aliphatic hydroxyl groups is 3. The van der Waals surface area contributed by atoms with Gasteiger partial charge in [-0.3, -0.25) is 4.79 Å². The molecule has 166 valence electrons. The summed E-state index contributed by atoms with van der Waals surface area (Å²) in [4.78, 5) is 11.1. The highest BCUT2D eigenvalue weighted by atomic mass is 16.4. The largest absolute Gasteiger partial charge is 0.481 e. The molecule has 0 saturated heterocycles. The lowest BCUT2D eigenvalue weighted by molar-refractivity contribution is -0.212. The maximum absolute atomic E-state index is 11.3. The SMILES string of the molecule is CC(CCC(=O)O)[C@H]1CC[C@H]2[C@@H]3[C@H](O)C[C@@H]4C[C@H](O)C[C@H](O)[C@]4(C)[C@H]3CC[C@]12C. The molecule has 4 rings (SSSR count). The number of carboxylic acid groups (broad SMARTS) is 1. The number of carboxylic acids is 1. The lowest BCUT2D eigenvalue weighted by Crippen LogP contribution is -2.62. The van der Waals surface area contributed by atoms with Crippen LogP contribution >= 0.6 is 0 Å². The molecule has 11 atom stereocenters. The summed E-state index contributed by atoms with van der Waals surface area (Å²) in [6.45, 7) is 6.83. The van der Waals surface area contributed by atoms with E-state index in [9.17, 15) is 20.1 Å². The summed E-state index contributed by atoms with van der Waals surface area (Å²) >= 11 is 0. The van der Waals surface area contributed by atoms with Crippen LogP contribution in [0.5, 0.6) is 0 Å². The average Bonchev–Trinajstić information content (AvgIpc) is 2.99. The van der Waals surface area contributed by atoms with Crippen LogP contribution in [-0.2, 0) is 4.79 Å². The second kappa shape index (κ2) is 7.49. The Balaban J connectivity index is 1.58. The summed E-state index contributed by atoms with van der Waals surface area (Å²) in [6.07, 6.45) is 5.88. The normalized spacial score (nSPS) is 52.9. The molecule has 0 radical (unpaired) electrons. The third-order valence-electron chi connectivity index (χ3n) is 10.3. The Kier molecular flexibility index (Phi) is 5.57. The Morgan fingerprint density at radius 2 is 1.76 bits per heavy atom. The van der Waals surface area contributed by atoms with Crippen molar-refractivity contribution in [3.8, 4) is 0 Å². The molecule has 5 nitrogen and oxygen atoms in total. The number of hydrogen-bond acceptors (Lipinski definition) is 4. The van der Waals surface area contributed by atoms with Crippen molar-refractivity contribution in [1.82, 2.24) is 0 Å². The maximum Gasteiger partial charge on any atom is 0.303 e. The molecule has 0 spiro atoms.